The first-order valence-corrected chi connectivity index (χ1v) is 9.25. The average molecular weight is 322 g/mol. The Hall–Kier alpha value is -1.38. The third-order valence-corrected chi connectivity index (χ3v) is 4.44. The minimum atomic E-state index is -0.403. The van der Waals surface area contributed by atoms with Crippen LogP contribution in [0.15, 0.2) is 12.1 Å². The fraction of sp³-hybridized carbons (Fsp3) is 0.700. The molecule has 0 aliphatic carbocycles. The van der Waals surface area contributed by atoms with Gasteiger partial charge in [0.2, 0.25) is 5.75 Å². The van der Waals surface area contributed by atoms with E-state index in [9.17, 15) is 15.3 Å². The van der Waals surface area contributed by atoms with Gasteiger partial charge in [0.05, 0.1) is 0 Å². The second kappa shape index (κ2) is 11.2. The van der Waals surface area contributed by atoms with Crippen LogP contribution in [0.2, 0.25) is 0 Å². The summed E-state index contributed by atoms with van der Waals surface area (Å²) in [6.45, 7) is 4.58. The number of benzene rings is 1. The van der Waals surface area contributed by atoms with E-state index in [1.165, 1.54) is 57.4 Å². The summed E-state index contributed by atoms with van der Waals surface area (Å²) in [6, 6.07) is 3.12. The molecular weight excluding hydrogens is 288 g/mol. The Bertz CT molecular complexity index is 441. The van der Waals surface area contributed by atoms with Crippen LogP contribution in [0.25, 0.3) is 0 Å². The number of rotatable bonds is 12. The minimum Gasteiger partial charge on any atom is -0.504 e. The summed E-state index contributed by atoms with van der Waals surface area (Å²) in [5, 5.41) is 28.5. The van der Waals surface area contributed by atoms with Crippen LogP contribution in [0.5, 0.6) is 17.2 Å². The van der Waals surface area contributed by atoms with E-state index >= 15 is 0 Å². The highest BCUT2D eigenvalue weighted by atomic mass is 16.3. The Balaban J connectivity index is 1.99. The van der Waals surface area contributed by atoms with Gasteiger partial charge >= 0.3 is 0 Å². The van der Waals surface area contributed by atoms with Gasteiger partial charge in [-0.1, -0.05) is 77.7 Å². The highest BCUT2D eigenvalue weighted by Gasteiger charge is 2.10. The quantitative estimate of drug-likeness (QED) is 0.331. The summed E-state index contributed by atoms with van der Waals surface area (Å²) in [4.78, 5) is 0. The molecule has 1 aromatic rings. The summed E-state index contributed by atoms with van der Waals surface area (Å²) in [7, 11) is 0. The molecule has 0 bridgehead atoms. The molecule has 0 aromatic heterocycles. The fourth-order valence-corrected chi connectivity index (χ4v) is 2.92. The van der Waals surface area contributed by atoms with Crippen LogP contribution in [0.4, 0.5) is 0 Å². The number of phenolic OH excluding ortho intramolecular Hbond substituents is 3. The maximum Gasteiger partial charge on any atom is 0.200 e. The largest absolute Gasteiger partial charge is 0.504 e. The van der Waals surface area contributed by atoms with Crippen molar-refractivity contribution in [3.63, 3.8) is 0 Å². The molecule has 3 N–H and O–H groups in total. The van der Waals surface area contributed by atoms with Crippen molar-refractivity contribution in [1.82, 2.24) is 0 Å². The Morgan fingerprint density at radius 2 is 1.22 bits per heavy atom. The van der Waals surface area contributed by atoms with Gasteiger partial charge in [-0.3, -0.25) is 0 Å². The van der Waals surface area contributed by atoms with Crippen molar-refractivity contribution in [2.45, 2.75) is 84.5 Å². The number of hydrogen-bond acceptors (Lipinski definition) is 3. The predicted molar refractivity (Wildman–Crippen MR) is 96.1 cm³/mol. The Kier molecular flexibility index (Phi) is 9.58. The standard InChI is InChI=1S/C20H34O3/c1-16(2)12-10-8-6-4-3-5-7-9-11-13-17-14-15-18(21)20(23)19(17)22/h14-16,21-23H,3-13H2,1-2H3. The van der Waals surface area contributed by atoms with Crippen molar-refractivity contribution in [3.05, 3.63) is 17.7 Å². The van der Waals surface area contributed by atoms with Gasteiger partial charge in [-0.05, 0) is 30.4 Å². The summed E-state index contributed by atoms with van der Waals surface area (Å²) in [6.07, 6.45) is 13.6. The lowest BCUT2D eigenvalue weighted by Crippen LogP contribution is -1.89. The molecule has 0 heterocycles. The third kappa shape index (κ3) is 8.15. The van der Waals surface area contributed by atoms with Gasteiger partial charge in [-0.25, -0.2) is 0 Å². The molecule has 0 spiro atoms. The van der Waals surface area contributed by atoms with Crippen LogP contribution >= 0.6 is 0 Å². The number of unbranched alkanes of at least 4 members (excludes halogenated alkanes) is 8. The van der Waals surface area contributed by atoms with E-state index in [1.807, 2.05) is 0 Å². The van der Waals surface area contributed by atoms with Gasteiger partial charge in [-0.15, -0.1) is 0 Å². The molecule has 0 unspecified atom stereocenters. The Labute approximate surface area is 141 Å². The molecule has 0 fully saturated rings. The number of aryl methyl sites for hydroxylation is 1. The van der Waals surface area contributed by atoms with Gasteiger partial charge in [0.25, 0.3) is 0 Å². The summed E-state index contributed by atoms with van der Waals surface area (Å²) in [5.74, 6) is -0.00376. The molecule has 0 aliphatic rings. The van der Waals surface area contributed by atoms with Gasteiger partial charge in [0, 0.05) is 0 Å². The SMILES string of the molecule is CC(C)CCCCCCCCCCCc1ccc(O)c(O)c1O. The van der Waals surface area contributed by atoms with Crippen molar-refractivity contribution < 1.29 is 15.3 Å². The highest BCUT2D eigenvalue weighted by Crippen LogP contribution is 2.37. The van der Waals surface area contributed by atoms with Crippen molar-refractivity contribution in [3.8, 4) is 17.2 Å². The van der Waals surface area contributed by atoms with Crippen LogP contribution in [-0.2, 0) is 6.42 Å². The van der Waals surface area contributed by atoms with Gasteiger partial charge < -0.3 is 15.3 Å². The first-order valence-electron chi connectivity index (χ1n) is 9.25. The van der Waals surface area contributed by atoms with E-state index in [2.05, 4.69) is 13.8 Å². The van der Waals surface area contributed by atoms with Crippen molar-refractivity contribution >= 4 is 0 Å². The zero-order chi connectivity index (χ0) is 17.1. The van der Waals surface area contributed by atoms with E-state index in [-0.39, 0.29) is 11.5 Å². The molecule has 0 atom stereocenters. The molecule has 23 heavy (non-hydrogen) atoms. The van der Waals surface area contributed by atoms with Crippen LogP contribution in [-0.4, -0.2) is 15.3 Å². The van der Waals surface area contributed by atoms with Crippen LogP contribution in [0, 0.1) is 5.92 Å². The fourth-order valence-electron chi connectivity index (χ4n) is 2.92. The molecule has 0 radical (unpaired) electrons. The van der Waals surface area contributed by atoms with Crippen molar-refractivity contribution in [2.24, 2.45) is 5.92 Å². The zero-order valence-corrected chi connectivity index (χ0v) is 14.9. The van der Waals surface area contributed by atoms with Gasteiger partial charge in [0.15, 0.2) is 11.5 Å². The van der Waals surface area contributed by atoms with E-state index in [0.29, 0.717) is 5.56 Å². The second-order valence-corrected chi connectivity index (χ2v) is 7.06. The smallest absolute Gasteiger partial charge is 0.200 e. The lowest BCUT2D eigenvalue weighted by Gasteiger charge is -2.07. The molecule has 1 aromatic carbocycles. The summed E-state index contributed by atoms with van der Waals surface area (Å²) < 4.78 is 0. The monoisotopic (exact) mass is 322 g/mol. The van der Waals surface area contributed by atoms with E-state index in [1.54, 1.807) is 6.07 Å². The first kappa shape index (κ1) is 19.7. The zero-order valence-electron chi connectivity index (χ0n) is 14.9. The van der Waals surface area contributed by atoms with Crippen molar-refractivity contribution in [1.29, 1.82) is 0 Å². The third-order valence-electron chi connectivity index (χ3n) is 4.44. The van der Waals surface area contributed by atoms with Gasteiger partial charge in [0.1, 0.15) is 0 Å². The maximum absolute atomic E-state index is 9.75. The van der Waals surface area contributed by atoms with Gasteiger partial charge in [-0.2, -0.15) is 0 Å². The molecule has 3 nitrogen and oxygen atoms in total. The number of phenols is 3. The first-order chi connectivity index (χ1) is 11.0. The van der Waals surface area contributed by atoms with Crippen LogP contribution in [0.1, 0.15) is 83.6 Å². The molecule has 0 amide bonds. The maximum atomic E-state index is 9.75. The van der Waals surface area contributed by atoms with Crippen LogP contribution in [0.3, 0.4) is 0 Å². The molecule has 0 saturated carbocycles. The molecular formula is C20H34O3. The average Bonchev–Trinajstić information content (AvgIpc) is 2.52. The number of hydrogen-bond donors (Lipinski definition) is 3. The lowest BCUT2D eigenvalue weighted by atomic mass is 10.0. The molecule has 0 aliphatic heterocycles. The Morgan fingerprint density at radius 3 is 1.78 bits per heavy atom. The van der Waals surface area contributed by atoms with E-state index < -0.39 is 5.75 Å². The normalized spacial score (nSPS) is 11.3. The lowest BCUT2D eigenvalue weighted by molar-refractivity contribution is 0.364. The van der Waals surface area contributed by atoms with E-state index in [4.69, 9.17) is 0 Å². The molecule has 1 rings (SSSR count). The summed E-state index contributed by atoms with van der Waals surface area (Å²) in [5.41, 5.74) is 0.713. The topological polar surface area (TPSA) is 60.7 Å². The number of aromatic hydroxyl groups is 3. The molecule has 0 saturated heterocycles. The highest BCUT2D eigenvalue weighted by molar-refractivity contribution is 5.53. The summed E-state index contributed by atoms with van der Waals surface area (Å²) >= 11 is 0. The van der Waals surface area contributed by atoms with Crippen molar-refractivity contribution in [2.75, 3.05) is 0 Å². The Morgan fingerprint density at radius 1 is 0.696 bits per heavy atom. The molecule has 3 heteroatoms. The second-order valence-electron chi connectivity index (χ2n) is 7.06. The van der Waals surface area contributed by atoms with Crippen LogP contribution < -0.4 is 0 Å². The molecule has 132 valence electrons. The van der Waals surface area contributed by atoms with E-state index in [0.717, 1.165) is 25.2 Å². The predicted octanol–water partition coefficient (Wildman–Crippen LogP) is 5.90. The minimum absolute atomic E-state index is 0.175.